The molecule has 0 bridgehead atoms. The van der Waals surface area contributed by atoms with Crippen LogP contribution < -0.4 is 5.32 Å². The average Bonchev–Trinajstić information content (AvgIpc) is 3.07. The van der Waals surface area contributed by atoms with Crippen molar-refractivity contribution in [2.45, 2.75) is 25.8 Å². The molecule has 0 spiro atoms. The normalized spacial score (nSPS) is 19.4. The maximum Gasteiger partial charge on any atom is 0.0499 e. The first-order valence-electron chi connectivity index (χ1n) is 5.76. The lowest BCUT2D eigenvalue weighted by molar-refractivity contribution is 0.204. The van der Waals surface area contributed by atoms with Crippen molar-refractivity contribution in [1.29, 1.82) is 0 Å². The van der Waals surface area contributed by atoms with Gasteiger partial charge in [-0.05, 0) is 31.4 Å². The molecule has 0 aromatic heterocycles. The van der Waals surface area contributed by atoms with Crippen LogP contribution in [0.2, 0.25) is 5.02 Å². The number of hydrogen-bond donors (Lipinski definition) is 2. The van der Waals surface area contributed by atoms with Gasteiger partial charge in [-0.2, -0.15) is 0 Å². The Morgan fingerprint density at radius 3 is 2.69 bits per heavy atom. The molecule has 88 valence electrons. The van der Waals surface area contributed by atoms with Crippen molar-refractivity contribution < 1.29 is 5.11 Å². The number of benzene rings is 1. The second-order valence-electron chi connectivity index (χ2n) is 4.78. The second-order valence-corrected chi connectivity index (χ2v) is 5.19. The SMILES string of the molecule is CC(NCC1(CO)CC1)c1ccccc1Cl. The Morgan fingerprint density at radius 2 is 2.12 bits per heavy atom. The van der Waals surface area contributed by atoms with E-state index in [0.29, 0.717) is 0 Å². The van der Waals surface area contributed by atoms with Crippen LogP contribution in [0.15, 0.2) is 24.3 Å². The summed E-state index contributed by atoms with van der Waals surface area (Å²) in [7, 11) is 0. The minimum atomic E-state index is 0.148. The van der Waals surface area contributed by atoms with Crippen molar-refractivity contribution in [3.8, 4) is 0 Å². The van der Waals surface area contributed by atoms with Gasteiger partial charge in [-0.25, -0.2) is 0 Å². The third-order valence-corrected chi connectivity index (χ3v) is 3.79. The van der Waals surface area contributed by atoms with Crippen LogP contribution in [0.5, 0.6) is 0 Å². The highest BCUT2D eigenvalue weighted by Crippen LogP contribution is 2.44. The maximum atomic E-state index is 9.23. The van der Waals surface area contributed by atoms with Gasteiger partial charge in [0.25, 0.3) is 0 Å². The number of rotatable bonds is 5. The first kappa shape index (κ1) is 11.9. The Hall–Kier alpha value is -0.570. The Morgan fingerprint density at radius 1 is 1.44 bits per heavy atom. The highest BCUT2D eigenvalue weighted by Gasteiger charge is 2.41. The minimum absolute atomic E-state index is 0.148. The number of aliphatic hydroxyl groups excluding tert-OH is 1. The smallest absolute Gasteiger partial charge is 0.0499 e. The summed E-state index contributed by atoms with van der Waals surface area (Å²) in [6, 6.07) is 8.12. The summed E-state index contributed by atoms with van der Waals surface area (Å²) in [5.41, 5.74) is 1.27. The quantitative estimate of drug-likeness (QED) is 0.828. The van der Waals surface area contributed by atoms with Crippen LogP contribution in [0, 0.1) is 5.41 Å². The molecule has 0 amide bonds. The molecule has 1 saturated carbocycles. The number of nitrogens with one attached hydrogen (secondary N) is 1. The average molecular weight is 240 g/mol. The second kappa shape index (κ2) is 4.74. The zero-order valence-corrected chi connectivity index (χ0v) is 10.3. The lowest BCUT2D eigenvalue weighted by atomic mass is 10.1. The van der Waals surface area contributed by atoms with E-state index in [0.717, 1.165) is 30.0 Å². The van der Waals surface area contributed by atoms with Crippen LogP contribution in [0.1, 0.15) is 31.4 Å². The van der Waals surface area contributed by atoms with E-state index in [4.69, 9.17) is 11.6 Å². The van der Waals surface area contributed by atoms with Crippen molar-refractivity contribution in [1.82, 2.24) is 5.32 Å². The monoisotopic (exact) mass is 239 g/mol. The lowest BCUT2D eigenvalue weighted by Gasteiger charge is -2.19. The fourth-order valence-electron chi connectivity index (χ4n) is 1.87. The zero-order valence-electron chi connectivity index (χ0n) is 9.54. The molecule has 3 heteroatoms. The van der Waals surface area contributed by atoms with Crippen molar-refractivity contribution in [2.75, 3.05) is 13.2 Å². The van der Waals surface area contributed by atoms with Crippen molar-refractivity contribution in [3.63, 3.8) is 0 Å². The predicted molar refractivity (Wildman–Crippen MR) is 66.6 cm³/mol. The van der Waals surface area contributed by atoms with Crippen molar-refractivity contribution >= 4 is 11.6 Å². The molecule has 1 unspecified atom stereocenters. The Labute approximate surface area is 102 Å². The summed E-state index contributed by atoms with van der Waals surface area (Å²) < 4.78 is 0. The van der Waals surface area contributed by atoms with Crippen LogP contribution >= 0.6 is 11.6 Å². The van der Waals surface area contributed by atoms with Crippen LogP contribution in [-0.4, -0.2) is 18.3 Å². The van der Waals surface area contributed by atoms with Crippen LogP contribution in [-0.2, 0) is 0 Å². The largest absolute Gasteiger partial charge is 0.396 e. The number of aliphatic hydroxyl groups is 1. The third kappa shape index (κ3) is 2.57. The molecule has 1 aliphatic carbocycles. The van der Waals surface area contributed by atoms with Gasteiger partial charge < -0.3 is 10.4 Å². The molecule has 0 radical (unpaired) electrons. The standard InChI is InChI=1S/C13H18ClNO/c1-10(11-4-2-3-5-12(11)14)15-8-13(9-16)6-7-13/h2-5,10,15-16H,6-9H2,1H3. The van der Waals surface area contributed by atoms with E-state index >= 15 is 0 Å². The van der Waals surface area contributed by atoms with E-state index < -0.39 is 0 Å². The predicted octanol–water partition coefficient (Wildman–Crippen LogP) is 2.76. The highest BCUT2D eigenvalue weighted by atomic mass is 35.5. The Balaban J connectivity index is 1.93. The van der Waals surface area contributed by atoms with Gasteiger partial charge in [0.2, 0.25) is 0 Å². The van der Waals surface area contributed by atoms with Crippen LogP contribution in [0.25, 0.3) is 0 Å². The van der Waals surface area contributed by atoms with Gasteiger partial charge >= 0.3 is 0 Å². The van der Waals surface area contributed by atoms with E-state index in [1.807, 2.05) is 24.3 Å². The third-order valence-electron chi connectivity index (χ3n) is 3.45. The number of hydrogen-bond acceptors (Lipinski definition) is 2. The molecular weight excluding hydrogens is 222 g/mol. The highest BCUT2D eigenvalue weighted by molar-refractivity contribution is 6.31. The van der Waals surface area contributed by atoms with Gasteiger partial charge in [0.15, 0.2) is 0 Å². The topological polar surface area (TPSA) is 32.3 Å². The molecule has 1 atom stereocenters. The molecular formula is C13H18ClNO. The molecule has 1 fully saturated rings. The van der Waals surface area contributed by atoms with Gasteiger partial charge in [0, 0.05) is 29.6 Å². The van der Waals surface area contributed by atoms with E-state index in [1.54, 1.807) is 0 Å². The van der Waals surface area contributed by atoms with E-state index in [2.05, 4.69) is 12.2 Å². The van der Waals surface area contributed by atoms with E-state index in [1.165, 1.54) is 0 Å². The van der Waals surface area contributed by atoms with Crippen molar-refractivity contribution in [2.24, 2.45) is 5.41 Å². The number of halogens is 1. The Bertz CT molecular complexity index is 363. The van der Waals surface area contributed by atoms with Gasteiger partial charge in [-0.3, -0.25) is 0 Å². The van der Waals surface area contributed by atoms with Crippen LogP contribution in [0.3, 0.4) is 0 Å². The van der Waals surface area contributed by atoms with E-state index in [9.17, 15) is 5.11 Å². The summed E-state index contributed by atoms with van der Waals surface area (Å²) in [6.07, 6.45) is 2.26. The van der Waals surface area contributed by atoms with Gasteiger partial charge in [-0.15, -0.1) is 0 Å². The maximum absolute atomic E-state index is 9.23. The molecule has 1 aromatic carbocycles. The minimum Gasteiger partial charge on any atom is -0.396 e. The molecule has 1 aromatic rings. The Kier molecular flexibility index (Phi) is 3.53. The summed E-state index contributed by atoms with van der Waals surface area (Å²) in [6.45, 7) is 3.26. The summed E-state index contributed by atoms with van der Waals surface area (Å²) >= 11 is 6.13. The fraction of sp³-hybridized carbons (Fsp3) is 0.538. The lowest BCUT2D eigenvalue weighted by Crippen LogP contribution is -2.28. The molecule has 0 saturated heterocycles. The molecule has 0 heterocycles. The molecule has 16 heavy (non-hydrogen) atoms. The summed E-state index contributed by atoms with van der Waals surface area (Å²) in [5, 5.41) is 13.5. The van der Waals surface area contributed by atoms with Crippen LogP contribution in [0.4, 0.5) is 0 Å². The zero-order chi connectivity index (χ0) is 11.6. The molecule has 2 rings (SSSR count). The fourth-order valence-corrected chi connectivity index (χ4v) is 2.17. The van der Waals surface area contributed by atoms with Gasteiger partial charge in [-0.1, -0.05) is 29.8 Å². The molecule has 1 aliphatic rings. The van der Waals surface area contributed by atoms with Gasteiger partial charge in [0.1, 0.15) is 0 Å². The van der Waals surface area contributed by atoms with Crippen molar-refractivity contribution in [3.05, 3.63) is 34.9 Å². The first-order valence-corrected chi connectivity index (χ1v) is 6.13. The molecule has 2 N–H and O–H groups in total. The molecule has 2 nitrogen and oxygen atoms in total. The summed E-state index contributed by atoms with van der Waals surface area (Å²) in [5.74, 6) is 0. The first-order chi connectivity index (χ1) is 7.67. The summed E-state index contributed by atoms with van der Waals surface area (Å²) in [4.78, 5) is 0. The van der Waals surface area contributed by atoms with Gasteiger partial charge in [0.05, 0.1) is 0 Å². The molecule has 0 aliphatic heterocycles. The van der Waals surface area contributed by atoms with E-state index in [-0.39, 0.29) is 18.1 Å².